The summed E-state index contributed by atoms with van der Waals surface area (Å²) in [4.78, 5) is 24.9. The molecule has 1 amide bonds. The van der Waals surface area contributed by atoms with E-state index in [1.165, 1.54) is 5.56 Å². The summed E-state index contributed by atoms with van der Waals surface area (Å²) in [5.41, 5.74) is 2.21. The molecule has 4 nitrogen and oxygen atoms in total. The fourth-order valence-electron chi connectivity index (χ4n) is 2.96. The fraction of sp³-hybridized carbons (Fsp3) is 0.529. The number of piperidine rings is 1. The number of aliphatic carboxylic acids is 1. The van der Waals surface area contributed by atoms with Crippen LogP contribution in [0.2, 0.25) is 0 Å². The van der Waals surface area contributed by atoms with Crippen molar-refractivity contribution in [2.45, 2.75) is 39.0 Å². The largest absolute Gasteiger partial charge is 0.481 e. The number of rotatable bonds is 5. The van der Waals surface area contributed by atoms with Crippen molar-refractivity contribution in [2.75, 3.05) is 13.1 Å². The number of carboxylic acids is 1. The molecule has 114 valence electrons. The fourth-order valence-corrected chi connectivity index (χ4v) is 2.96. The van der Waals surface area contributed by atoms with E-state index < -0.39 is 5.97 Å². The number of carbonyl (C=O) groups excluding carboxylic acids is 1. The van der Waals surface area contributed by atoms with E-state index in [1.807, 2.05) is 36.1 Å². The van der Waals surface area contributed by atoms with Gasteiger partial charge >= 0.3 is 5.97 Å². The summed E-state index contributed by atoms with van der Waals surface area (Å²) in [6, 6.07) is 8.03. The molecule has 0 radical (unpaired) electrons. The Morgan fingerprint density at radius 2 is 2.19 bits per heavy atom. The Labute approximate surface area is 125 Å². The molecule has 1 unspecified atom stereocenters. The predicted octanol–water partition coefficient (Wildman–Crippen LogP) is 2.64. The smallest absolute Gasteiger partial charge is 0.303 e. The number of hydrogen-bond donors (Lipinski definition) is 1. The van der Waals surface area contributed by atoms with E-state index in [0.29, 0.717) is 25.3 Å². The van der Waals surface area contributed by atoms with Gasteiger partial charge in [0.2, 0.25) is 5.91 Å². The van der Waals surface area contributed by atoms with Gasteiger partial charge in [-0.3, -0.25) is 9.59 Å². The first-order valence-corrected chi connectivity index (χ1v) is 7.59. The second-order valence-corrected chi connectivity index (χ2v) is 5.95. The average Bonchev–Trinajstić information content (AvgIpc) is 2.45. The molecule has 1 aliphatic heterocycles. The summed E-state index contributed by atoms with van der Waals surface area (Å²) in [5, 5.41) is 8.76. The maximum atomic E-state index is 12.4. The topological polar surface area (TPSA) is 57.6 Å². The molecule has 21 heavy (non-hydrogen) atoms. The van der Waals surface area contributed by atoms with Crippen LogP contribution in [0.15, 0.2) is 24.3 Å². The first kappa shape index (κ1) is 15.5. The maximum Gasteiger partial charge on any atom is 0.303 e. The van der Waals surface area contributed by atoms with Crippen LogP contribution in [0.5, 0.6) is 0 Å². The lowest BCUT2D eigenvalue weighted by Gasteiger charge is -2.32. The Hall–Kier alpha value is -1.84. The van der Waals surface area contributed by atoms with E-state index in [0.717, 1.165) is 24.9 Å². The Morgan fingerprint density at radius 3 is 2.90 bits per heavy atom. The lowest BCUT2D eigenvalue weighted by atomic mass is 9.93. The minimum atomic E-state index is -0.752. The zero-order valence-corrected chi connectivity index (χ0v) is 12.5. The Kier molecular flexibility index (Phi) is 5.37. The quantitative estimate of drug-likeness (QED) is 0.906. The molecule has 1 fully saturated rings. The molecule has 1 aromatic carbocycles. The standard InChI is InChI=1S/C17H23NO3/c1-13-4-2-5-15(10-13)11-16(19)18-9-3-6-14(12-18)7-8-17(20)21/h2,4-5,10,14H,3,6-9,11-12H2,1H3,(H,20,21). The lowest BCUT2D eigenvalue weighted by Crippen LogP contribution is -2.40. The maximum absolute atomic E-state index is 12.4. The predicted molar refractivity (Wildman–Crippen MR) is 81.1 cm³/mol. The number of benzene rings is 1. The molecule has 1 atom stereocenters. The number of amides is 1. The molecule has 4 heteroatoms. The second-order valence-electron chi connectivity index (χ2n) is 5.95. The summed E-state index contributed by atoms with van der Waals surface area (Å²) in [6.45, 7) is 3.53. The van der Waals surface area contributed by atoms with E-state index in [4.69, 9.17) is 5.11 Å². The molecule has 1 aromatic rings. The van der Waals surface area contributed by atoms with Gasteiger partial charge in [0.05, 0.1) is 6.42 Å². The number of carboxylic acid groups (broad SMARTS) is 1. The van der Waals surface area contributed by atoms with E-state index in [9.17, 15) is 9.59 Å². The molecule has 0 saturated carbocycles. The minimum Gasteiger partial charge on any atom is -0.481 e. The van der Waals surface area contributed by atoms with Crippen LogP contribution >= 0.6 is 0 Å². The van der Waals surface area contributed by atoms with Gasteiger partial charge in [-0.1, -0.05) is 29.8 Å². The van der Waals surface area contributed by atoms with Gasteiger partial charge in [0, 0.05) is 19.5 Å². The molecule has 1 aliphatic rings. The third-order valence-corrected chi connectivity index (χ3v) is 4.08. The molecule has 0 aromatic heterocycles. The van der Waals surface area contributed by atoms with E-state index in [-0.39, 0.29) is 12.3 Å². The third-order valence-electron chi connectivity index (χ3n) is 4.08. The first-order chi connectivity index (χ1) is 10.0. The van der Waals surface area contributed by atoms with Gasteiger partial charge in [-0.05, 0) is 37.7 Å². The summed E-state index contributed by atoms with van der Waals surface area (Å²) in [7, 11) is 0. The van der Waals surface area contributed by atoms with Gasteiger partial charge in [-0.25, -0.2) is 0 Å². The first-order valence-electron chi connectivity index (χ1n) is 7.59. The van der Waals surface area contributed by atoms with Crippen LogP contribution in [-0.4, -0.2) is 35.0 Å². The molecule has 0 bridgehead atoms. The highest BCUT2D eigenvalue weighted by atomic mass is 16.4. The van der Waals surface area contributed by atoms with Crippen molar-refractivity contribution in [3.63, 3.8) is 0 Å². The van der Waals surface area contributed by atoms with Crippen LogP contribution in [0.3, 0.4) is 0 Å². The average molecular weight is 289 g/mol. The van der Waals surface area contributed by atoms with Crippen molar-refractivity contribution in [2.24, 2.45) is 5.92 Å². The van der Waals surface area contributed by atoms with Gasteiger partial charge in [0.1, 0.15) is 0 Å². The van der Waals surface area contributed by atoms with Crippen LogP contribution < -0.4 is 0 Å². The Balaban J connectivity index is 1.88. The van der Waals surface area contributed by atoms with Crippen LogP contribution in [-0.2, 0) is 16.0 Å². The van der Waals surface area contributed by atoms with E-state index in [1.54, 1.807) is 0 Å². The van der Waals surface area contributed by atoms with E-state index in [2.05, 4.69) is 0 Å². The van der Waals surface area contributed by atoms with Gasteiger partial charge in [-0.2, -0.15) is 0 Å². The number of carbonyl (C=O) groups is 2. The highest BCUT2D eigenvalue weighted by Gasteiger charge is 2.23. The SMILES string of the molecule is Cc1cccc(CC(=O)N2CCCC(CCC(=O)O)C2)c1. The highest BCUT2D eigenvalue weighted by Crippen LogP contribution is 2.21. The molecular weight excluding hydrogens is 266 g/mol. The van der Waals surface area contributed by atoms with Crippen molar-refractivity contribution >= 4 is 11.9 Å². The van der Waals surface area contributed by atoms with Crippen LogP contribution in [0.25, 0.3) is 0 Å². The zero-order chi connectivity index (χ0) is 15.2. The lowest BCUT2D eigenvalue weighted by molar-refractivity contribution is -0.137. The minimum absolute atomic E-state index is 0.153. The zero-order valence-electron chi connectivity index (χ0n) is 12.5. The molecule has 1 saturated heterocycles. The van der Waals surface area contributed by atoms with Crippen LogP contribution in [0.1, 0.15) is 36.8 Å². The van der Waals surface area contributed by atoms with Gasteiger partial charge in [0.15, 0.2) is 0 Å². The Morgan fingerprint density at radius 1 is 1.38 bits per heavy atom. The van der Waals surface area contributed by atoms with Gasteiger partial charge in [0.25, 0.3) is 0 Å². The van der Waals surface area contributed by atoms with Crippen molar-refractivity contribution in [1.82, 2.24) is 4.90 Å². The number of hydrogen-bond acceptors (Lipinski definition) is 2. The van der Waals surface area contributed by atoms with Gasteiger partial charge < -0.3 is 10.0 Å². The third kappa shape index (κ3) is 4.88. The van der Waals surface area contributed by atoms with E-state index >= 15 is 0 Å². The molecule has 1 N–H and O–H groups in total. The van der Waals surface area contributed by atoms with Crippen molar-refractivity contribution in [1.29, 1.82) is 0 Å². The van der Waals surface area contributed by atoms with Crippen LogP contribution in [0, 0.1) is 12.8 Å². The monoisotopic (exact) mass is 289 g/mol. The summed E-state index contributed by atoms with van der Waals surface area (Å²) >= 11 is 0. The summed E-state index contributed by atoms with van der Waals surface area (Å²) in [6.07, 6.45) is 3.31. The molecule has 1 heterocycles. The highest BCUT2D eigenvalue weighted by molar-refractivity contribution is 5.79. The van der Waals surface area contributed by atoms with Crippen molar-refractivity contribution in [3.8, 4) is 0 Å². The second kappa shape index (κ2) is 7.25. The normalized spacial score (nSPS) is 18.5. The van der Waals surface area contributed by atoms with Gasteiger partial charge in [-0.15, -0.1) is 0 Å². The molecule has 2 rings (SSSR count). The summed E-state index contributed by atoms with van der Waals surface area (Å²) < 4.78 is 0. The number of nitrogens with zero attached hydrogens (tertiary/aromatic N) is 1. The molecule has 0 spiro atoms. The van der Waals surface area contributed by atoms with Crippen LogP contribution in [0.4, 0.5) is 0 Å². The summed E-state index contributed by atoms with van der Waals surface area (Å²) in [5.74, 6) is -0.268. The Bertz CT molecular complexity index is 513. The molecular formula is C17H23NO3. The number of aryl methyl sites for hydroxylation is 1. The van der Waals surface area contributed by atoms with Crippen molar-refractivity contribution < 1.29 is 14.7 Å². The number of likely N-dealkylation sites (tertiary alicyclic amines) is 1. The van der Waals surface area contributed by atoms with Crippen molar-refractivity contribution in [3.05, 3.63) is 35.4 Å². The molecule has 0 aliphatic carbocycles.